The van der Waals surface area contributed by atoms with Crippen LogP contribution in [-0.4, -0.2) is 13.7 Å². The summed E-state index contributed by atoms with van der Waals surface area (Å²) in [4.78, 5) is 0. The van der Waals surface area contributed by atoms with Crippen molar-refractivity contribution >= 4 is 10.0 Å². The van der Waals surface area contributed by atoms with Crippen molar-refractivity contribution in [3.8, 4) is 0 Å². The van der Waals surface area contributed by atoms with Crippen molar-refractivity contribution in [2.45, 2.75) is 45.3 Å². The molecule has 0 spiro atoms. The fourth-order valence-electron chi connectivity index (χ4n) is 2.27. The summed E-state index contributed by atoms with van der Waals surface area (Å²) >= 11 is 0. The van der Waals surface area contributed by atoms with Crippen LogP contribution in [0.3, 0.4) is 0 Å². The molecule has 2 N–H and O–H groups in total. The van der Waals surface area contributed by atoms with Gasteiger partial charge in [-0.25, -0.2) is 13.6 Å². The largest absolute Gasteiger partial charge is 0.228 e. The highest BCUT2D eigenvalue weighted by Gasteiger charge is 2.37. The summed E-state index contributed by atoms with van der Waals surface area (Å²) in [5.74, 6) is 0.559. The van der Waals surface area contributed by atoms with E-state index < -0.39 is 10.0 Å². The molecule has 0 bridgehead atoms. The molecule has 3 nitrogen and oxygen atoms in total. The van der Waals surface area contributed by atoms with Crippen molar-refractivity contribution in [2.24, 2.45) is 16.5 Å². The van der Waals surface area contributed by atoms with Crippen LogP contribution in [-0.2, 0) is 10.0 Å². The predicted octanol–water partition coefficient (Wildman–Crippen LogP) is 1.49. The molecule has 0 aromatic rings. The van der Waals surface area contributed by atoms with E-state index in [1.807, 2.05) is 0 Å². The van der Waals surface area contributed by atoms with Gasteiger partial charge in [0.25, 0.3) is 0 Å². The van der Waals surface area contributed by atoms with Crippen LogP contribution in [0.25, 0.3) is 0 Å². The Kier molecular flexibility index (Phi) is 2.74. The molecule has 1 aliphatic carbocycles. The van der Waals surface area contributed by atoms with Gasteiger partial charge >= 0.3 is 0 Å². The zero-order valence-corrected chi connectivity index (χ0v) is 9.39. The topological polar surface area (TPSA) is 60.2 Å². The van der Waals surface area contributed by atoms with Gasteiger partial charge in [-0.1, -0.05) is 13.8 Å². The highest BCUT2D eigenvalue weighted by Crippen LogP contribution is 2.47. The van der Waals surface area contributed by atoms with Gasteiger partial charge in [0.1, 0.15) is 0 Å². The van der Waals surface area contributed by atoms with Crippen molar-refractivity contribution in [1.29, 1.82) is 0 Å². The summed E-state index contributed by atoms with van der Waals surface area (Å²) in [6, 6.07) is 0. The van der Waals surface area contributed by atoms with Gasteiger partial charge in [-0.15, -0.1) is 0 Å². The van der Waals surface area contributed by atoms with Gasteiger partial charge in [0.05, 0.1) is 5.25 Å². The van der Waals surface area contributed by atoms with E-state index in [0.29, 0.717) is 11.3 Å². The quantitative estimate of drug-likeness (QED) is 0.758. The maximum atomic E-state index is 10.9. The second-order valence-electron chi connectivity index (χ2n) is 5.07. The molecule has 78 valence electrons. The molecule has 1 aliphatic rings. The Labute approximate surface area is 80.8 Å². The smallest absolute Gasteiger partial charge is 0.211 e. The monoisotopic (exact) mass is 205 g/mol. The molecule has 0 aromatic carbocycles. The molecule has 1 atom stereocenters. The molecule has 0 heterocycles. The van der Waals surface area contributed by atoms with E-state index in [4.69, 9.17) is 5.14 Å². The maximum absolute atomic E-state index is 10.9. The lowest BCUT2D eigenvalue weighted by Crippen LogP contribution is -2.36. The maximum Gasteiger partial charge on any atom is 0.211 e. The molecule has 0 saturated heterocycles. The van der Waals surface area contributed by atoms with Crippen LogP contribution < -0.4 is 5.14 Å². The minimum absolute atomic E-state index is 0.381. The van der Waals surface area contributed by atoms with Gasteiger partial charge in [-0.05, 0) is 37.5 Å². The van der Waals surface area contributed by atoms with Gasteiger partial charge in [-0.3, -0.25) is 0 Å². The van der Waals surface area contributed by atoms with Crippen LogP contribution in [0.4, 0.5) is 0 Å². The number of nitrogens with two attached hydrogens (primary N) is 1. The lowest BCUT2D eigenvalue weighted by Gasteiger charge is -2.43. The first kappa shape index (κ1) is 11.0. The first-order chi connectivity index (χ1) is 5.71. The summed E-state index contributed by atoms with van der Waals surface area (Å²) in [6.45, 7) is 6.12. The molecule has 1 saturated carbocycles. The first-order valence-corrected chi connectivity index (χ1v) is 6.33. The first-order valence-electron chi connectivity index (χ1n) is 4.72. The fourth-order valence-corrected chi connectivity index (χ4v) is 2.81. The SMILES string of the molecule is C[C@@H](CC1CC(C)(C)C1)S(N)(=O)=O. The molecular formula is C9H19NO2S. The zero-order chi connectivity index (χ0) is 10.3. The fraction of sp³-hybridized carbons (Fsp3) is 1.00. The molecule has 0 amide bonds. The Morgan fingerprint density at radius 2 is 1.92 bits per heavy atom. The highest BCUT2D eigenvalue weighted by atomic mass is 32.2. The van der Waals surface area contributed by atoms with E-state index in [0.717, 1.165) is 19.3 Å². The van der Waals surface area contributed by atoms with Crippen LogP contribution in [0.1, 0.15) is 40.0 Å². The van der Waals surface area contributed by atoms with Crippen molar-refractivity contribution in [1.82, 2.24) is 0 Å². The van der Waals surface area contributed by atoms with E-state index in [-0.39, 0.29) is 5.25 Å². The molecule has 1 rings (SSSR count). The average molecular weight is 205 g/mol. The molecule has 13 heavy (non-hydrogen) atoms. The van der Waals surface area contributed by atoms with Crippen molar-refractivity contribution < 1.29 is 8.42 Å². The van der Waals surface area contributed by atoms with Gasteiger partial charge in [-0.2, -0.15) is 0 Å². The Morgan fingerprint density at radius 1 is 1.46 bits per heavy atom. The standard InChI is InChI=1S/C9H19NO2S/c1-7(13(10,11)12)4-8-5-9(2,3)6-8/h7-8H,4-6H2,1-3H3,(H2,10,11,12)/t7-/m0/s1. The van der Waals surface area contributed by atoms with Crippen LogP contribution in [0, 0.1) is 11.3 Å². The second kappa shape index (κ2) is 3.24. The average Bonchev–Trinajstić information content (AvgIpc) is 1.80. The van der Waals surface area contributed by atoms with Crippen molar-refractivity contribution in [3.05, 3.63) is 0 Å². The normalized spacial score (nSPS) is 25.2. The second-order valence-corrected chi connectivity index (χ2v) is 7.06. The minimum Gasteiger partial charge on any atom is -0.228 e. The van der Waals surface area contributed by atoms with E-state index >= 15 is 0 Å². The number of hydrogen-bond acceptors (Lipinski definition) is 2. The van der Waals surface area contributed by atoms with Crippen molar-refractivity contribution in [3.63, 3.8) is 0 Å². The third-order valence-electron chi connectivity index (χ3n) is 2.91. The molecule has 0 radical (unpaired) electrons. The molecule has 0 aromatic heterocycles. The van der Waals surface area contributed by atoms with E-state index in [1.165, 1.54) is 0 Å². The number of primary sulfonamides is 1. The molecule has 0 unspecified atom stereocenters. The van der Waals surface area contributed by atoms with Gasteiger partial charge in [0, 0.05) is 0 Å². The van der Waals surface area contributed by atoms with Crippen molar-refractivity contribution in [2.75, 3.05) is 0 Å². The predicted molar refractivity (Wildman–Crippen MR) is 53.7 cm³/mol. The summed E-state index contributed by atoms with van der Waals surface area (Å²) in [7, 11) is -3.31. The van der Waals surface area contributed by atoms with Gasteiger partial charge in [0.2, 0.25) is 10.0 Å². The van der Waals surface area contributed by atoms with Gasteiger partial charge < -0.3 is 0 Å². The Bertz CT molecular complexity index is 274. The van der Waals surface area contributed by atoms with Gasteiger partial charge in [0.15, 0.2) is 0 Å². The lowest BCUT2D eigenvalue weighted by molar-refractivity contribution is 0.0899. The van der Waals surface area contributed by atoms with Crippen LogP contribution in [0.2, 0.25) is 0 Å². The third-order valence-corrected chi connectivity index (χ3v) is 4.22. The van der Waals surface area contributed by atoms with E-state index in [9.17, 15) is 8.42 Å². The summed E-state index contributed by atoms with van der Waals surface area (Å²) < 4.78 is 21.9. The molecule has 0 aliphatic heterocycles. The zero-order valence-electron chi connectivity index (χ0n) is 8.58. The van der Waals surface area contributed by atoms with E-state index in [1.54, 1.807) is 6.92 Å². The summed E-state index contributed by atoms with van der Waals surface area (Å²) in [6.07, 6.45) is 2.99. The third kappa shape index (κ3) is 2.95. The minimum atomic E-state index is -3.31. The van der Waals surface area contributed by atoms with Crippen LogP contribution >= 0.6 is 0 Å². The number of sulfonamides is 1. The number of rotatable bonds is 3. The molecular weight excluding hydrogens is 186 g/mol. The van der Waals surface area contributed by atoms with Crippen LogP contribution in [0.5, 0.6) is 0 Å². The summed E-state index contributed by atoms with van der Waals surface area (Å²) in [5.41, 5.74) is 0.419. The number of hydrogen-bond donors (Lipinski definition) is 1. The Balaban J connectivity index is 2.37. The van der Waals surface area contributed by atoms with Crippen LogP contribution in [0.15, 0.2) is 0 Å². The summed E-state index contributed by atoms with van der Waals surface area (Å²) in [5, 5.41) is 4.66. The molecule has 4 heteroatoms. The van der Waals surface area contributed by atoms with E-state index in [2.05, 4.69) is 13.8 Å². The Morgan fingerprint density at radius 3 is 2.23 bits per heavy atom. The Hall–Kier alpha value is -0.0900. The lowest BCUT2D eigenvalue weighted by atomic mass is 9.63. The highest BCUT2D eigenvalue weighted by molar-refractivity contribution is 7.89. The molecule has 1 fully saturated rings.